The molecule has 1 amide bonds. The first-order chi connectivity index (χ1) is 11.2. The minimum atomic E-state index is -0.225. The third-order valence-electron chi connectivity index (χ3n) is 3.10. The Hall–Kier alpha value is -1.93. The number of nitrogen functional groups attached to an aromatic ring is 1. The molecule has 0 unspecified atom stereocenters. The molecule has 1 aromatic carbocycles. The molecule has 0 saturated carbocycles. The second-order valence-electron chi connectivity index (χ2n) is 6.11. The van der Waals surface area contributed by atoms with Crippen LogP contribution in [0.5, 0.6) is 5.75 Å². The lowest BCUT2D eigenvalue weighted by molar-refractivity contribution is -0.113. The van der Waals surface area contributed by atoms with E-state index in [1.807, 2.05) is 20.8 Å². The Morgan fingerprint density at radius 1 is 1.42 bits per heavy atom. The van der Waals surface area contributed by atoms with Crippen LogP contribution in [0.15, 0.2) is 23.4 Å². The van der Waals surface area contributed by atoms with Crippen molar-refractivity contribution in [2.24, 2.45) is 0 Å². The average molecular weight is 370 g/mol. The zero-order valence-corrected chi connectivity index (χ0v) is 15.5. The molecule has 0 aliphatic carbocycles. The smallest absolute Gasteiger partial charge is 0.234 e. The van der Waals surface area contributed by atoms with Crippen molar-refractivity contribution in [2.45, 2.75) is 31.3 Å². The molecule has 130 valence electrons. The number of thioether (sulfide) groups is 1. The number of anilines is 1. The van der Waals surface area contributed by atoms with Gasteiger partial charge >= 0.3 is 0 Å². The summed E-state index contributed by atoms with van der Waals surface area (Å²) in [5, 5.41) is 11.9. The van der Waals surface area contributed by atoms with Gasteiger partial charge in [0.2, 0.25) is 11.1 Å². The molecule has 1 heterocycles. The van der Waals surface area contributed by atoms with Gasteiger partial charge in [-0.25, -0.2) is 4.68 Å². The molecule has 1 aromatic heterocycles. The zero-order valence-electron chi connectivity index (χ0n) is 14.0. The molecule has 9 heteroatoms. The van der Waals surface area contributed by atoms with Gasteiger partial charge in [-0.2, -0.15) is 0 Å². The number of nitrogens with one attached hydrogen (secondary N) is 1. The molecule has 0 spiro atoms. The van der Waals surface area contributed by atoms with Gasteiger partial charge in [0, 0.05) is 10.4 Å². The van der Waals surface area contributed by atoms with Crippen LogP contribution < -0.4 is 15.9 Å². The summed E-state index contributed by atoms with van der Waals surface area (Å²) in [5.74, 6) is 7.10. The Morgan fingerprint density at radius 2 is 2.12 bits per heavy atom. The minimum absolute atomic E-state index is 0.134. The van der Waals surface area contributed by atoms with Gasteiger partial charge < -0.3 is 15.9 Å². The van der Waals surface area contributed by atoms with Gasteiger partial charge in [-0.1, -0.05) is 44.1 Å². The molecular formula is C15H20ClN5O2S. The number of carbonyl (C=O) groups is 1. The van der Waals surface area contributed by atoms with Gasteiger partial charge in [0.25, 0.3) is 0 Å². The van der Waals surface area contributed by atoms with E-state index < -0.39 is 0 Å². The highest BCUT2D eigenvalue weighted by molar-refractivity contribution is 7.99. The summed E-state index contributed by atoms with van der Waals surface area (Å²) >= 11 is 7.15. The number of hydrogen-bond acceptors (Lipinski definition) is 6. The molecule has 0 atom stereocenters. The molecule has 0 aliphatic rings. The number of ether oxygens (including phenoxy) is 1. The van der Waals surface area contributed by atoms with Crippen molar-refractivity contribution in [3.63, 3.8) is 0 Å². The lowest BCUT2D eigenvalue weighted by atomic mass is 9.96. The number of methoxy groups -OCH3 is 1. The Bertz CT molecular complexity index is 742. The van der Waals surface area contributed by atoms with Crippen molar-refractivity contribution in [1.29, 1.82) is 0 Å². The summed E-state index contributed by atoms with van der Waals surface area (Å²) in [7, 11) is 1.53. The van der Waals surface area contributed by atoms with Crippen LogP contribution in [0.1, 0.15) is 26.6 Å². The predicted molar refractivity (Wildman–Crippen MR) is 96.2 cm³/mol. The SMILES string of the molecule is COc1ccc(Cl)cc1NC(=O)CSc1nnc(C(C)(C)C)n1N. The molecule has 0 radical (unpaired) electrons. The van der Waals surface area contributed by atoms with Crippen molar-refractivity contribution in [3.8, 4) is 5.75 Å². The molecule has 3 N–H and O–H groups in total. The van der Waals surface area contributed by atoms with Crippen LogP contribution in [0.3, 0.4) is 0 Å². The van der Waals surface area contributed by atoms with E-state index in [4.69, 9.17) is 22.2 Å². The van der Waals surface area contributed by atoms with E-state index in [9.17, 15) is 4.79 Å². The molecule has 0 aliphatic heterocycles. The van der Waals surface area contributed by atoms with Crippen molar-refractivity contribution >= 4 is 35.0 Å². The maximum atomic E-state index is 12.2. The molecule has 0 bridgehead atoms. The van der Waals surface area contributed by atoms with Crippen LogP contribution in [0.25, 0.3) is 0 Å². The van der Waals surface area contributed by atoms with Crippen LogP contribution in [-0.4, -0.2) is 33.6 Å². The number of aromatic nitrogens is 3. The van der Waals surface area contributed by atoms with Crippen LogP contribution in [0.4, 0.5) is 5.69 Å². The van der Waals surface area contributed by atoms with Gasteiger partial charge in [0.1, 0.15) is 5.75 Å². The number of nitrogens with zero attached hydrogens (tertiary/aromatic N) is 3. The van der Waals surface area contributed by atoms with Crippen LogP contribution >= 0.6 is 23.4 Å². The predicted octanol–water partition coefficient (Wildman–Crippen LogP) is 2.68. The summed E-state index contributed by atoms with van der Waals surface area (Å²) in [5.41, 5.74) is 0.289. The maximum absolute atomic E-state index is 12.2. The fourth-order valence-corrected chi connectivity index (χ4v) is 2.81. The van der Waals surface area contributed by atoms with Gasteiger partial charge in [-0.15, -0.1) is 10.2 Å². The summed E-state index contributed by atoms with van der Waals surface area (Å²) in [6.07, 6.45) is 0. The number of halogens is 1. The molecular weight excluding hydrogens is 350 g/mol. The standard InChI is InChI=1S/C15H20ClN5O2S/c1-15(2,3)13-19-20-14(21(13)17)24-8-12(22)18-10-7-9(16)5-6-11(10)23-4/h5-7H,8,17H2,1-4H3,(H,18,22). The van der Waals surface area contributed by atoms with E-state index in [2.05, 4.69) is 15.5 Å². The lowest BCUT2D eigenvalue weighted by Gasteiger charge is -2.16. The lowest BCUT2D eigenvalue weighted by Crippen LogP contribution is -2.24. The number of hydrogen-bond donors (Lipinski definition) is 2. The van der Waals surface area contributed by atoms with Crippen LogP contribution in [-0.2, 0) is 10.2 Å². The van der Waals surface area contributed by atoms with Crippen molar-refractivity contribution in [1.82, 2.24) is 14.9 Å². The maximum Gasteiger partial charge on any atom is 0.234 e. The normalized spacial score (nSPS) is 11.4. The van der Waals surface area contributed by atoms with E-state index in [0.717, 1.165) is 0 Å². The average Bonchev–Trinajstić information content (AvgIpc) is 2.86. The fraction of sp³-hybridized carbons (Fsp3) is 0.400. The Kier molecular flexibility index (Phi) is 5.61. The third kappa shape index (κ3) is 4.33. The minimum Gasteiger partial charge on any atom is -0.495 e. The second kappa shape index (κ2) is 7.31. The number of nitrogens with two attached hydrogens (primary N) is 1. The Morgan fingerprint density at radius 3 is 2.71 bits per heavy atom. The van der Waals surface area contributed by atoms with E-state index >= 15 is 0 Å². The molecule has 0 saturated heterocycles. The van der Waals surface area contributed by atoms with Crippen molar-refractivity contribution in [3.05, 3.63) is 29.0 Å². The Balaban J connectivity index is 2.02. The summed E-state index contributed by atoms with van der Waals surface area (Å²) in [6.45, 7) is 5.98. The van der Waals surface area contributed by atoms with Crippen LogP contribution in [0, 0.1) is 0 Å². The first kappa shape index (κ1) is 18.4. The van der Waals surface area contributed by atoms with Crippen molar-refractivity contribution in [2.75, 3.05) is 24.0 Å². The highest BCUT2D eigenvalue weighted by Gasteiger charge is 2.23. The largest absolute Gasteiger partial charge is 0.495 e. The quantitative estimate of drug-likeness (QED) is 0.621. The molecule has 7 nitrogen and oxygen atoms in total. The molecule has 2 rings (SSSR count). The number of benzene rings is 1. The zero-order chi connectivity index (χ0) is 17.9. The summed E-state index contributed by atoms with van der Waals surface area (Å²) in [4.78, 5) is 12.2. The monoisotopic (exact) mass is 369 g/mol. The summed E-state index contributed by atoms with van der Waals surface area (Å²) in [6, 6.07) is 5.01. The number of amides is 1. The van der Waals surface area contributed by atoms with E-state index in [-0.39, 0.29) is 17.1 Å². The van der Waals surface area contributed by atoms with Gasteiger partial charge in [-0.3, -0.25) is 4.79 Å². The second-order valence-corrected chi connectivity index (χ2v) is 7.49. The highest BCUT2D eigenvalue weighted by Crippen LogP contribution is 2.28. The molecule has 2 aromatic rings. The summed E-state index contributed by atoms with van der Waals surface area (Å²) < 4.78 is 6.61. The first-order valence-electron chi connectivity index (χ1n) is 7.19. The Labute approximate surface area is 149 Å². The topological polar surface area (TPSA) is 95.1 Å². The molecule has 0 fully saturated rings. The number of carbonyl (C=O) groups excluding carboxylic acids is 1. The van der Waals surface area contributed by atoms with Gasteiger partial charge in [0.05, 0.1) is 18.6 Å². The van der Waals surface area contributed by atoms with E-state index in [0.29, 0.717) is 27.4 Å². The van der Waals surface area contributed by atoms with E-state index in [1.165, 1.54) is 23.5 Å². The first-order valence-corrected chi connectivity index (χ1v) is 8.56. The fourth-order valence-electron chi connectivity index (χ4n) is 1.98. The number of rotatable bonds is 5. The van der Waals surface area contributed by atoms with Crippen molar-refractivity contribution < 1.29 is 9.53 Å². The van der Waals surface area contributed by atoms with E-state index in [1.54, 1.807) is 18.2 Å². The highest BCUT2D eigenvalue weighted by atomic mass is 35.5. The third-order valence-corrected chi connectivity index (χ3v) is 4.28. The van der Waals surface area contributed by atoms with Crippen LogP contribution in [0.2, 0.25) is 5.02 Å². The van der Waals surface area contributed by atoms with Gasteiger partial charge in [0.15, 0.2) is 5.82 Å². The van der Waals surface area contributed by atoms with Gasteiger partial charge in [-0.05, 0) is 18.2 Å². The molecule has 24 heavy (non-hydrogen) atoms.